The lowest BCUT2D eigenvalue weighted by molar-refractivity contribution is -0.138. The third-order valence-corrected chi connectivity index (χ3v) is 4.90. The zero-order valence-electron chi connectivity index (χ0n) is 11.9. The lowest BCUT2D eigenvalue weighted by atomic mass is 9.49. The summed E-state index contributed by atoms with van der Waals surface area (Å²) in [5.41, 5.74) is 2.84. The summed E-state index contributed by atoms with van der Waals surface area (Å²) in [6.45, 7) is 10.4. The van der Waals surface area contributed by atoms with Crippen LogP contribution in [0.5, 0.6) is 0 Å². The molecule has 0 amide bonds. The molecular weight excluding hydrogens is 232 g/mol. The molecule has 0 radical (unpaired) electrons. The molecule has 1 heteroatoms. The number of hydrogen-bond donors (Lipinski definition) is 0. The standard InChI is InChI=1S/C18H20O/c1-12-11-18(4)15(13-8-6-5-7-9-13)10-14(12)17(2,3)16(18)19/h5-10,14H,1,11H2,2-4H3/t14-,18-/m1/s1. The van der Waals surface area contributed by atoms with Gasteiger partial charge in [0.1, 0.15) is 5.78 Å². The second-order valence-corrected chi connectivity index (χ2v) is 6.64. The van der Waals surface area contributed by atoms with Gasteiger partial charge in [-0.25, -0.2) is 0 Å². The van der Waals surface area contributed by atoms with Crippen molar-refractivity contribution in [1.82, 2.24) is 0 Å². The van der Waals surface area contributed by atoms with Crippen LogP contribution in [0.15, 0.2) is 48.6 Å². The molecular formula is C18H20O. The van der Waals surface area contributed by atoms with E-state index in [0.717, 1.165) is 6.42 Å². The minimum atomic E-state index is -0.406. The number of Topliss-reactive ketones (excluding diaryl/α,β-unsaturated/α-hetero) is 1. The SMILES string of the molecule is C=C1C[C@@]2(C)C(=O)C(C)(C)[C@@H]1C=C2c1ccccc1. The van der Waals surface area contributed by atoms with Gasteiger partial charge in [0.05, 0.1) is 5.41 Å². The molecule has 0 N–H and O–H groups in total. The summed E-state index contributed by atoms with van der Waals surface area (Å²) in [7, 11) is 0. The summed E-state index contributed by atoms with van der Waals surface area (Å²) < 4.78 is 0. The van der Waals surface area contributed by atoms with E-state index in [0.29, 0.717) is 5.78 Å². The lowest BCUT2D eigenvalue weighted by Crippen LogP contribution is -2.52. The van der Waals surface area contributed by atoms with Crippen molar-refractivity contribution in [1.29, 1.82) is 0 Å². The van der Waals surface area contributed by atoms with Gasteiger partial charge in [-0.05, 0) is 24.5 Å². The highest BCUT2D eigenvalue weighted by Crippen LogP contribution is 2.59. The highest BCUT2D eigenvalue weighted by Gasteiger charge is 2.56. The molecule has 3 aliphatic rings. The molecule has 1 saturated carbocycles. The van der Waals surface area contributed by atoms with Crippen molar-refractivity contribution >= 4 is 11.4 Å². The predicted octanol–water partition coefficient (Wildman–Crippen LogP) is 4.26. The normalized spacial score (nSPS) is 32.4. The van der Waals surface area contributed by atoms with Crippen LogP contribution in [-0.2, 0) is 4.79 Å². The number of benzene rings is 1. The van der Waals surface area contributed by atoms with Gasteiger partial charge >= 0.3 is 0 Å². The summed E-state index contributed by atoms with van der Waals surface area (Å²) in [5.74, 6) is 0.538. The molecule has 0 aromatic heterocycles. The number of hydrogen-bond acceptors (Lipinski definition) is 1. The van der Waals surface area contributed by atoms with Crippen LogP contribution >= 0.6 is 0 Å². The van der Waals surface area contributed by atoms with E-state index in [4.69, 9.17) is 0 Å². The Hall–Kier alpha value is -1.63. The molecule has 0 saturated heterocycles. The molecule has 2 atom stereocenters. The first-order valence-electron chi connectivity index (χ1n) is 6.87. The topological polar surface area (TPSA) is 17.1 Å². The van der Waals surface area contributed by atoms with Crippen molar-refractivity contribution in [2.75, 3.05) is 0 Å². The van der Waals surface area contributed by atoms with E-state index in [2.05, 4.69) is 45.6 Å². The van der Waals surface area contributed by atoms with Gasteiger partial charge in [0.25, 0.3) is 0 Å². The first-order chi connectivity index (χ1) is 8.87. The number of allylic oxidation sites excluding steroid dienone is 3. The molecule has 0 unspecified atom stereocenters. The highest BCUT2D eigenvalue weighted by molar-refractivity contribution is 6.05. The second kappa shape index (κ2) is 3.69. The van der Waals surface area contributed by atoms with E-state index in [9.17, 15) is 4.79 Å². The average Bonchev–Trinajstić information content (AvgIpc) is 2.37. The monoisotopic (exact) mass is 252 g/mol. The largest absolute Gasteiger partial charge is 0.298 e. The molecule has 1 aromatic carbocycles. The van der Waals surface area contributed by atoms with Gasteiger partial charge < -0.3 is 0 Å². The van der Waals surface area contributed by atoms with E-state index in [-0.39, 0.29) is 11.3 Å². The van der Waals surface area contributed by atoms with Gasteiger partial charge in [0.2, 0.25) is 0 Å². The molecule has 2 bridgehead atoms. The van der Waals surface area contributed by atoms with Crippen LogP contribution in [0.1, 0.15) is 32.8 Å². The van der Waals surface area contributed by atoms with Crippen molar-refractivity contribution < 1.29 is 4.79 Å². The lowest BCUT2D eigenvalue weighted by Gasteiger charge is -2.52. The Kier molecular flexibility index (Phi) is 2.41. The Morgan fingerprint density at radius 2 is 1.79 bits per heavy atom. The van der Waals surface area contributed by atoms with Crippen LogP contribution in [0.3, 0.4) is 0 Å². The summed E-state index contributed by atoms with van der Waals surface area (Å²) in [6, 6.07) is 10.3. The molecule has 1 aromatic rings. The van der Waals surface area contributed by atoms with E-state index < -0.39 is 5.41 Å². The molecule has 1 fully saturated rings. The van der Waals surface area contributed by atoms with Gasteiger partial charge in [0, 0.05) is 11.3 Å². The van der Waals surface area contributed by atoms with E-state index in [1.807, 2.05) is 18.2 Å². The minimum Gasteiger partial charge on any atom is -0.298 e. The third-order valence-electron chi connectivity index (χ3n) is 4.90. The van der Waals surface area contributed by atoms with Crippen molar-refractivity contribution in [3.8, 4) is 0 Å². The maximum Gasteiger partial charge on any atom is 0.149 e. The van der Waals surface area contributed by atoms with Crippen molar-refractivity contribution in [3.05, 3.63) is 54.1 Å². The van der Waals surface area contributed by atoms with Crippen LogP contribution in [-0.4, -0.2) is 5.78 Å². The van der Waals surface area contributed by atoms with Gasteiger partial charge in [-0.2, -0.15) is 0 Å². The molecule has 0 heterocycles. The van der Waals surface area contributed by atoms with E-state index in [1.165, 1.54) is 16.7 Å². The minimum absolute atomic E-state index is 0.178. The van der Waals surface area contributed by atoms with Crippen LogP contribution in [0, 0.1) is 16.7 Å². The van der Waals surface area contributed by atoms with E-state index >= 15 is 0 Å². The van der Waals surface area contributed by atoms with Crippen LogP contribution in [0.2, 0.25) is 0 Å². The fraction of sp³-hybridized carbons (Fsp3) is 0.389. The van der Waals surface area contributed by atoms with Crippen molar-refractivity contribution in [2.45, 2.75) is 27.2 Å². The number of rotatable bonds is 1. The Morgan fingerprint density at radius 1 is 1.16 bits per heavy atom. The zero-order valence-corrected chi connectivity index (χ0v) is 11.9. The average molecular weight is 252 g/mol. The molecule has 0 aliphatic heterocycles. The van der Waals surface area contributed by atoms with Crippen LogP contribution in [0.4, 0.5) is 0 Å². The Bertz CT molecular complexity index is 591. The van der Waals surface area contributed by atoms with E-state index in [1.54, 1.807) is 0 Å². The van der Waals surface area contributed by atoms with Gasteiger partial charge in [-0.1, -0.05) is 62.4 Å². The van der Waals surface area contributed by atoms with Gasteiger partial charge in [-0.15, -0.1) is 0 Å². The fourth-order valence-electron chi connectivity index (χ4n) is 3.93. The Balaban J connectivity index is 2.22. The number of carbonyl (C=O) groups excluding carboxylic acids is 1. The second-order valence-electron chi connectivity index (χ2n) is 6.64. The van der Waals surface area contributed by atoms with Crippen molar-refractivity contribution in [3.63, 3.8) is 0 Å². The van der Waals surface area contributed by atoms with Gasteiger partial charge in [0.15, 0.2) is 0 Å². The first kappa shape index (κ1) is 12.4. The quantitative estimate of drug-likeness (QED) is 0.682. The smallest absolute Gasteiger partial charge is 0.149 e. The maximum atomic E-state index is 12.9. The molecule has 1 nitrogen and oxygen atoms in total. The molecule has 98 valence electrons. The van der Waals surface area contributed by atoms with Crippen LogP contribution in [0.25, 0.3) is 5.57 Å². The summed E-state index contributed by atoms with van der Waals surface area (Å²) in [6.07, 6.45) is 3.07. The molecule has 0 spiro atoms. The summed E-state index contributed by atoms with van der Waals surface area (Å²) in [4.78, 5) is 12.9. The Labute approximate surface area is 115 Å². The molecule has 19 heavy (non-hydrogen) atoms. The fourth-order valence-corrected chi connectivity index (χ4v) is 3.93. The molecule has 3 aliphatic carbocycles. The highest BCUT2D eigenvalue weighted by atomic mass is 16.1. The third kappa shape index (κ3) is 1.51. The summed E-state index contributed by atoms with van der Waals surface area (Å²) >= 11 is 0. The van der Waals surface area contributed by atoms with Gasteiger partial charge in [-0.3, -0.25) is 4.79 Å². The first-order valence-corrected chi connectivity index (χ1v) is 6.87. The summed E-state index contributed by atoms with van der Waals surface area (Å²) in [5, 5.41) is 0. The predicted molar refractivity (Wildman–Crippen MR) is 78.6 cm³/mol. The number of ketones is 1. The molecule has 4 rings (SSSR count). The maximum absolute atomic E-state index is 12.9. The Morgan fingerprint density at radius 3 is 2.42 bits per heavy atom. The number of fused-ring (bicyclic) bond motifs is 2. The zero-order chi connectivity index (χ0) is 13.8. The number of carbonyl (C=O) groups is 1. The van der Waals surface area contributed by atoms with Crippen molar-refractivity contribution in [2.24, 2.45) is 16.7 Å². The van der Waals surface area contributed by atoms with Crippen LogP contribution < -0.4 is 0 Å².